The van der Waals surface area contributed by atoms with Gasteiger partial charge in [-0.2, -0.15) is 0 Å². The summed E-state index contributed by atoms with van der Waals surface area (Å²) in [5, 5.41) is 3.79. The fourth-order valence-corrected chi connectivity index (χ4v) is 2.20. The van der Waals surface area contributed by atoms with Crippen LogP contribution in [0.3, 0.4) is 0 Å². The molecule has 0 aliphatic heterocycles. The van der Waals surface area contributed by atoms with E-state index in [9.17, 15) is 4.79 Å². The molecule has 0 unspecified atom stereocenters. The molecule has 1 atom stereocenters. The Morgan fingerprint density at radius 3 is 2.68 bits per heavy atom. The van der Waals surface area contributed by atoms with Crippen LogP contribution in [0.1, 0.15) is 28.9 Å². The van der Waals surface area contributed by atoms with Gasteiger partial charge in [-0.3, -0.25) is 4.79 Å². The normalized spacial score (nSPS) is 11.9. The second-order valence-electron chi connectivity index (χ2n) is 4.08. The van der Waals surface area contributed by atoms with Crippen LogP contribution in [0.4, 0.5) is 0 Å². The van der Waals surface area contributed by atoms with Gasteiger partial charge in [0.05, 0.1) is 6.04 Å². The third kappa shape index (κ3) is 3.46. The average molecular weight is 295 g/mol. The number of halogens is 2. The molecule has 1 aromatic heterocycles. The van der Waals surface area contributed by atoms with Crippen LogP contribution in [-0.4, -0.2) is 10.9 Å². The molecular formula is C14H12Cl2N2O. The van der Waals surface area contributed by atoms with Crippen LogP contribution in [-0.2, 0) is 0 Å². The molecular weight excluding hydrogens is 283 g/mol. The smallest absolute Gasteiger partial charge is 0.251 e. The lowest BCUT2D eigenvalue weighted by molar-refractivity contribution is 0.0940. The van der Waals surface area contributed by atoms with Gasteiger partial charge in [0.15, 0.2) is 0 Å². The number of rotatable bonds is 3. The molecule has 0 bridgehead atoms. The van der Waals surface area contributed by atoms with Crippen molar-refractivity contribution in [1.29, 1.82) is 0 Å². The zero-order chi connectivity index (χ0) is 13.8. The van der Waals surface area contributed by atoms with Crippen molar-refractivity contribution in [3.63, 3.8) is 0 Å². The van der Waals surface area contributed by atoms with Gasteiger partial charge in [-0.15, -0.1) is 0 Å². The van der Waals surface area contributed by atoms with E-state index < -0.39 is 0 Å². The second-order valence-corrected chi connectivity index (χ2v) is 4.88. The Balaban J connectivity index is 2.13. The summed E-state index contributed by atoms with van der Waals surface area (Å²) in [5.41, 5.74) is 1.34. The Hall–Kier alpha value is -1.58. The topological polar surface area (TPSA) is 42.0 Å². The SMILES string of the molecule is C[C@H](NC(=O)c1ccnc(Cl)c1)c1ccccc1Cl. The molecule has 1 N–H and O–H groups in total. The lowest BCUT2D eigenvalue weighted by atomic mass is 10.1. The summed E-state index contributed by atoms with van der Waals surface area (Å²) < 4.78 is 0. The molecule has 0 spiro atoms. The van der Waals surface area contributed by atoms with Crippen LogP contribution in [0.2, 0.25) is 10.2 Å². The molecule has 3 nitrogen and oxygen atoms in total. The average Bonchev–Trinajstić information content (AvgIpc) is 2.39. The first-order valence-electron chi connectivity index (χ1n) is 5.75. The summed E-state index contributed by atoms with van der Waals surface area (Å²) in [6.07, 6.45) is 1.50. The Morgan fingerprint density at radius 1 is 1.26 bits per heavy atom. The number of aromatic nitrogens is 1. The van der Waals surface area contributed by atoms with Gasteiger partial charge < -0.3 is 5.32 Å². The number of pyridine rings is 1. The maximum absolute atomic E-state index is 12.1. The van der Waals surface area contributed by atoms with Crippen molar-refractivity contribution >= 4 is 29.1 Å². The number of nitrogens with one attached hydrogen (secondary N) is 1. The monoisotopic (exact) mass is 294 g/mol. The molecule has 0 saturated heterocycles. The molecule has 2 rings (SSSR count). The number of nitrogens with zero attached hydrogens (tertiary/aromatic N) is 1. The molecule has 2 aromatic rings. The van der Waals surface area contributed by atoms with E-state index in [1.54, 1.807) is 12.1 Å². The molecule has 0 aliphatic rings. The Morgan fingerprint density at radius 2 is 2.00 bits per heavy atom. The number of amides is 1. The van der Waals surface area contributed by atoms with E-state index in [2.05, 4.69) is 10.3 Å². The molecule has 19 heavy (non-hydrogen) atoms. The summed E-state index contributed by atoms with van der Waals surface area (Å²) in [4.78, 5) is 15.9. The third-order valence-electron chi connectivity index (χ3n) is 2.71. The summed E-state index contributed by atoms with van der Waals surface area (Å²) >= 11 is 11.8. The van der Waals surface area contributed by atoms with Crippen LogP contribution in [0.5, 0.6) is 0 Å². The van der Waals surface area contributed by atoms with Gasteiger partial charge >= 0.3 is 0 Å². The minimum Gasteiger partial charge on any atom is -0.345 e. The zero-order valence-corrected chi connectivity index (χ0v) is 11.7. The maximum atomic E-state index is 12.1. The Labute approximate surface area is 121 Å². The number of hydrogen-bond acceptors (Lipinski definition) is 2. The number of carbonyl (C=O) groups is 1. The third-order valence-corrected chi connectivity index (χ3v) is 3.26. The minimum atomic E-state index is -0.211. The fraction of sp³-hybridized carbons (Fsp3) is 0.143. The van der Waals surface area contributed by atoms with Crippen molar-refractivity contribution in [3.05, 3.63) is 63.9 Å². The summed E-state index contributed by atoms with van der Waals surface area (Å²) in [7, 11) is 0. The predicted molar refractivity (Wildman–Crippen MR) is 76.6 cm³/mol. The molecule has 5 heteroatoms. The van der Waals surface area contributed by atoms with E-state index in [1.807, 2.05) is 25.1 Å². The number of carbonyl (C=O) groups excluding carboxylic acids is 1. The van der Waals surface area contributed by atoms with E-state index in [0.29, 0.717) is 10.6 Å². The molecule has 0 fully saturated rings. The van der Waals surface area contributed by atoms with Crippen molar-refractivity contribution in [2.75, 3.05) is 0 Å². The molecule has 0 aliphatic carbocycles. The van der Waals surface area contributed by atoms with Crippen molar-refractivity contribution in [2.45, 2.75) is 13.0 Å². The predicted octanol–water partition coefficient (Wildman–Crippen LogP) is 3.88. The first-order valence-corrected chi connectivity index (χ1v) is 6.50. The molecule has 0 saturated carbocycles. The Bertz CT molecular complexity index is 602. The molecule has 1 amide bonds. The molecule has 1 aromatic carbocycles. The largest absolute Gasteiger partial charge is 0.345 e. The van der Waals surface area contributed by atoms with E-state index in [-0.39, 0.29) is 17.1 Å². The lowest BCUT2D eigenvalue weighted by Crippen LogP contribution is -2.26. The molecule has 98 valence electrons. The van der Waals surface area contributed by atoms with Gasteiger partial charge in [-0.25, -0.2) is 4.98 Å². The summed E-state index contributed by atoms with van der Waals surface area (Å²) in [5.74, 6) is -0.211. The number of hydrogen-bond donors (Lipinski definition) is 1. The second kappa shape index (κ2) is 6.04. The van der Waals surface area contributed by atoms with E-state index >= 15 is 0 Å². The van der Waals surface area contributed by atoms with Crippen molar-refractivity contribution < 1.29 is 4.79 Å². The lowest BCUT2D eigenvalue weighted by Gasteiger charge is -2.15. The van der Waals surface area contributed by atoms with E-state index in [0.717, 1.165) is 5.56 Å². The van der Waals surface area contributed by atoms with Gasteiger partial charge in [0.1, 0.15) is 5.15 Å². The first-order chi connectivity index (χ1) is 9.08. The van der Waals surface area contributed by atoms with Crippen LogP contribution < -0.4 is 5.32 Å². The van der Waals surface area contributed by atoms with Crippen LogP contribution in [0.25, 0.3) is 0 Å². The van der Waals surface area contributed by atoms with Gasteiger partial charge in [0.25, 0.3) is 5.91 Å². The first kappa shape index (κ1) is 13.8. The highest BCUT2D eigenvalue weighted by molar-refractivity contribution is 6.31. The van der Waals surface area contributed by atoms with E-state index in [1.165, 1.54) is 12.3 Å². The van der Waals surface area contributed by atoms with E-state index in [4.69, 9.17) is 23.2 Å². The summed E-state index contributed by atoms with van der Waals surface area (Å²) in [6.45, 7) is 1.88. The highest BCUT2D eigenvalue weighted by Crippen LogP contribution is 2.22. The minimum absolute atomic E-state index is 0.187. The maximum Gasteiger partial charge on any atom is 0.251 e. The molecule has 1 heterocycles. The van der Waals surface area contributed by atoms with Gasteiger partial charge in [-0.1, -0.05) is 41.4 Å². The summed E-state index contributed by atoms with van der Waals surface area (Å²) in [6, 6.07) is 10.4. The standard InChI is InChI=1S/C14H12Cl2N2O/c1-9(11-4-2-3-5-12(11)15)18-14(19)10-6-7-17-13(16)8-10/h2-9H,1H3,(H,18,19)/t9-/m0/s1. The van der Waals surface area contributed by atoms with Crippen molar-refractivity contribution in [1.82, 2.24) is 10.3 Å². The highest BCUT2D eigenvalue weighted by atomic mass is 35.5. The zero-order valence-electron chi connectivity index (χ0n) is 10.2. The quantitative estimate of drug-likeness (QED) is 0.873. The van der Waals surface area contributed by atoms with Crippen molar-refractivity contribution in [3.8, 4) is 0 Å². The van der Waals surface area contributed by atoms with Crippen LogP contribution in [0.15, 0.2) is 42.6 Å². The molecule has 0 radical (unpaired) electrons. The van der Waals surface area contributed by atoms with Crippen LogP contribution >= 0.6 is 23.2 Å². The van der Waals surface area contributed by atoms with Gasteiger partial charge in [0.2, 0.25) is 0 Å². The number of benzene rings is 1. The van der Waals surface area contributed by atoms with Gasteiger partial charge in [-0.05, 0) is 30.7 Å². The Kier molecular flexibility index (Phi) is 4.40. The van der Waals surface area contributed by atoms with Gasteiger partial charge in [0, 0.05) is 16.8 Å². The highest BCUT2D eigenvalue weighted by Gasteiger charge is 2.13. The fourth-order valence-electron chi connectivity index (χ4n) is 1.73. The van der Waals surface area contributed by atoms with Crippen molar-refractivity contribution in [2.24, 2.45) is 0 Å². The van der Waals surface area contributed by atoms with Crippen LogP contribution in [0, 0.1) is 0 Å².